The van der Waals surface area contributed by atoms with Crippen LogP contribution in [0.1, 0.15) is 62.5 Å². The van der Waals surface area contributed by atoms with Gasteiger partial charge in [-0.15, -0.1) is 0 Å². The third-order valence-corrected chi connectivity index (χ3v) is 6.24. The number of aliphatic hydroxyl groups excluding tert-OH is 2. The number of carboxylic acids is 1. The molecule has 0 bridgehead atoms. The summed E-state index contributed by atoms with van der Waals surface area (Å²) in [6, 6.07) is 19.0. The Kier molecular flexibility index (Phi) is 12.1. The van der Waals surface area contributed by atoms with Gasteiger partial charge in [-0.05, 0) is 80.5 Å². The minimum Gasteiger partial charge on any atom is -0.513 e. The van der Waals surface area contributed by atoms with Crippen molar-refractivity contribution in [3.63, 3.8) is 0 Å². The standard InChI is InChI=1S/C28H35NO4.CH4O/c1-20(30)19-24-12-15-26(22-7-4-3-5-8-22)28(21(24)2)23-10-13-25(14-11-23)33-18-17-29-16-6-9-27(31)32;1-2/h3-5,7-8,10-11,13-14,19,26,28-30H,6,9,12,15-18H2,1-2H3,(H,31,32);2H,1H3/b20-19+;/t26-,28+;/m1./s1. The van der Waals surface area contributed by atoms with Crippen molar-refractivity contribution in [1.29, 1.82) is 0 Å². The average Bonchev–Trinajstić information content (AvgIpc) is 2.86. The summed E-state index contributed by atoms with van der Waals surface area (Å²) in [7, 11) is 1.00. The molecule has 0 aliphatic heterocycles. The summed E-state index contributed by atoms with van der Waals surface area (Å²) in [5.74, 6) is 1.05. The maximum absolute atomic E-state index is 10.5. The summed E-state index contributed by atoms with van der Waals surface area (Å²) < 4.78 is 5.85. The molecule has 2 aromatic carbocycles. The molecule has 2 aromatic rings. The number of ether oxygens (including phenoxy) is 1. The maximum atomic E-state index is 10.5. The van der Waals surface area contributed by atoms with E-state index in [1.807, 2.05) is 18.2 Å². The van der Waals surface area contributed by atoms with E-state index in [1.165, 1.54) is 22.3 Å². The molecule has 35 heavy (non-hydrogen) atoms. The second-order valence-electron chi connectivity index (χ2n) is 8.69. The van der Waals surface area contributed by atoms with Gasteiger partial charge in [0.25, 0.3) is 0 Å². The highest BCUT2D eigenvalue weighted by atomic mass is 16.5. The highest BCUT2D eigenvalue weighted by Gasteiger charge is 2.31. The minimum atomic E-state index is -0.764. The zero-order valence-corrected chi connectivity index (χ0v) is 21.0. The van der Waals surface area contributed by atoms with E-state index >= 15 is 0 Å². The number of carboxylic acid groups (broad SMARTS) is 1. The third-order valence-electron chi connectivity index (χ3n) is 6.24. The largest absolute Gasteiger partial charge is 0.513 e. The van der Waals surface area contributed by atoms with Crippen LogP contribution in [0.2, 0.25) is 0 Å². The molecule has 4 N–H and O–H groups in total. The molecular weight excluding hydrogens is 442 g/mol. The zero-order valence-electron chi connectivity index (χ0n) is 21.0. The van der Waals surface area contributed by atoms with E-state index in [9.17, 15) is 9.90 Å². The van der Waals surface area contributed by atoms with Gasteiger partial charge in [-0.25, -0.2) is 0 Å². The Hall–Kier alpha value is -3.09. The summed E-state index contributed by atoms with van der Waals surface area (Å²) in [4.78, 5) is 10.5. The van der Waals surface area contributed by atoms with Gasteiger partial charge >= 0.3 is 5.97 Å². The van der Waals surface area contributed by atoms with Gasteiger partial charge in [0, 0.05) is 26.0 Å². The van der Waals surface area contributed by atoms with Crippen LogP contribution in [0.4, 0.5) is 0 Å². The molecule has 6 nitrogen and oxygen atoms in total. The summed E-state index contributed by atoms with van der Waals surface area (Å²) in [6.45, 7) is 5.80. The highest BCUT2D eigenvalue weighted by Crippen LogP contribution is 2.47. The predicted octanol–water partition coefficient (Wildman–Crippen LogP) is 5.57. The number of allylic oxidation sites excluding steroid dienone is 4. The Morgan fingerprint density at radius 3 is 2.34 bits per heavy atom. The van der Waals surface area contributed by atoms with Crippen molar-refractivity contribution < 1.29 is 24.9 Å². The van der Waals surface area contributed by atoms with Gasteiger partial charge in [0.15, 0.2) is 0 Å². The number of hydrogen-bond acceptors (Lipinski definition) is 5. The molecule has 0 heterocycles. The Labute approximate surface area is 209 Å². The summed E-state index contributed by atoms with van der Waals surface area (Å²) >= 11 is 0. The highest BCUT2D eigenvalue weighted by molar-refractivity contribution is 5.66. The first-order valence-corrected chi connectivity index (χ1v) is 12.2. The van der Waals surface area contributed by atoms with Crippen LogP contribution in [0, 0.1) is 0 Å². The summed E-state index contributed by atoms with van der Waals surface area (Å²) in [5, 5.41) is 28.7. The number of carbonyl (C=O) groups is 1. The molecule has 6 heteroatoms. The number of benzene rings is 2. The van der Waals surface area contributed by atoms with Crippen LogP contribution in [0.5, 0.6) is 5.75 Å². The van der Waals surface area contributed by atoms with Crippen LogP contribution in [-0.2, 0) is 4.79 Å². The smallest absolute Gasteiger partial charge is 0.303 e. The van der Waals surface area contributed by atoms with Crippen molar-refractivity contribution in [3.05, 3.63) is 88.7 Å². The van der Waals surface area contributed by atoms with Gasteiger partial charge in [0.2, 0.25) is 0 Å². The van der Waals surface area contributed by atoms with E-state index in [0.29, 0.717) is 37.8 Å². The van der Waals surface area contributed by atoms with Crippen LogP contribution in [0.3, 0.4) is 0 Å². The third kappa shape index (κ3) is 8.89. The number of rotatable bonds is 11. The Balaban J connectivity index is 0.00000210. The number of hydrogen-bond donors (Lipinski definition) is 4. The average molecular weight is 482 g/mol. The van der Waals surface area contributed by atoms with Gasteiger partial charge in [-0.2, -0.15) is 0 Å². The van der Waals surface area contributed by atoms with Crippen molar-refractivity contribution in [3.8, 4) is 5.75 Å². The van der Waals surface area contributed by atoms with E-state index in [0.717, 1.165) is 25.7 Å². The molecule has 0 radical (unpaired) electrons. The van der Waals surface area contributed by atoms with Crippen LogP contribution < -0.4 is 10.1 Å². The molecule has 0 saturated heterocycles. The van der Waals surface area contributed by atoms with Crippen LogP contribution in [-0.4, -0.2) is 48.1 Å². The normalized spacial score (nSPS) is 18.0. The first-order chi connectivity index (χ1) is 17.0. The second-order valence-corrected chi connectivity index (χ2v) is 8.69. The van der Waals surface area contributed by atoms with Gasteiger partial charge in [-0.3, -0.25) is 4.79 Å². The van der Waals surface area contributed by atoms with Crippen molar-refractivity contribution in [2.45, 2.75) is 51.4 Å². The molecule has 190 valence electrons. The maximum Gasteiger partial charge on any atom is 0.303 e. The zero-order chi connectivity index (χ0) is 25.6. The van der Waals surface area contributed by atoms with E-state index in [1.54, 1.807) is 6.92 Å². The second kappa shape index (κ2) is 15.0. The molecule has 1 aliphatic rings. The lowest BCUT2D eigenvalue weighted by Crippen LogP contribution is -2.22. The molecule has 0 aromatic heterocycles. The van der Waals surface area contributed by atoms with Gasteiger partial charge < -0.3 is 25.4 Å². The molecule has 0 saturated carbocycles. The first kappa shape index (κ1) is 28.1. The van der Waals surface area contributed by atoms with Crippen molar-refractivity contribution >= 4 is 5.97 Å². The lowest BCUT2D eigenvalue weighted by molar-refractivity contribution is -0.137. The molecule has 3 rings (SSSR count). The van der Waals surface area contributed by atoms with Crippen molar-refractivity contribution in [2.75, 3.05) is 26.8 Å². The monoisotopic (exact) mass is 481 g/mol. The Bertz CT molecular complexity index is 962. The lowest BCUT2D eigenvalue weighted by atomic mass is 9.69. The fraction of sp³-hybridized carbons (Fsp3) is 0.414. The number of aliphatic carboxylic acids is 1. The Morgan fingerprint density at radius 2 is 1.71 bits per heavy atom. The van der Waals surface area contributed by atoms with Crippen LogP contribution in [0.15, 0.2) is 77.6 Å². The molecule has 0 amide bonds. The summed E-state index contributed by atoms with van der Waals surface area (Å²) in [6.07, 6.45) is 4.71. The molecular formula is C29H39NO5. The van der Waals surface area contributed by atoms with Crippen LogP contribution in [0.25, 0.3) is 0 Å². The van der Waals surface area contributed by atoms with Crippen molar-refractivity contribution in [2.24, 2.45) is 0 Å². The molecule has 0 spiro atoms. The fourth-order valence-corrected chi connectivity index (χ4v) is 4.66. The van der Waals surface area contributed by atoms with Gasteiger partial charge in [-0.1, -0.05) is 48.0 Å². The van der Waals surface area contributed by atoms with E-state index in [4.69, 9.17) is 14.9 Å². The molecule has 2 atom stereocenters. The Morgan fingerprint density at radius 1 is 1.03 bits per heavy atom. The molecule has 0 fully saturated rings. The fourth-order valence-electron chi connectivity index (χ4n) is 4.66. The lowest BCUT2D eigenvalue weighted by Gasteiger charge is -2.35. The van der Waals surface area contributed by atoms with Gasteiger partial charge in [0.05, 0.1) is 5.76 Å². The van der Waals surface area contributed by atoms with E-state index in [2.05, 4.69) is 54.7 Å². The molecule has 0 unspecified atom stereocenters. The van der Waals surface area contributed by atoms with E-state index in [-0.39, 0.29) is 12.3 Å². The van der Waals surface area contributed by atoms with Gasteiger partial charge in [0.1, 0.15) is 12.4 Å². The minimum absolute atomic E-state index is 0.184. The van der Waals surface area contributed by atoms with Crippen molar-refractivity contribution in [1.82, 2.24) is 5.32 Å². The topological polar surface area (TPSA) is 99.0 Å². The molecule has 1 aliphatic carbocycles. The number of nitrogens with one attached hydrogen (secondary N) is 1. The number of aliphatic hydroxyl groups is 2. The van der Waals surface area contributed by atoms with E-state index < -0.39 is 5.97 Å². The quantitative estimate of drug-likeness (QED) is 0.247. The first-order valence-electron chi connectivity index (χ1n) is 12.2. The predicted molar refractivity (Wildman–Crippen MR) is 140 cm³/mol. The summed E-state index contributed by atoms with van der Waals surface area (Å²) in [5.41, 5.74) is 5.13. The van der Waals surface area contributed by atoms with Crippen LogP contribution >= 0.6 is 0 Å². The SMILES string of the molecule is CC1=C(/C=C(\C)O)CC[C@H](c2ccccc2)[C@@H]1c1ccc(OCCNCCCC(=O)O)cc1.CO.